The zero-order valence-corrected chi connectivity index (χ0v) is 16.7. The maximum Gasteiger partial charge on any atom is 0.236 e. The highest BCUT2D eigenvalue weighted by atomic mass is 16.7. The van der Waals surface area contributed by atoms with Gasteiger partial charge in [0.2, 0.25) is 18.7 Å². The second-order valence-corrected chi connectivity index (χ2v) is 8.36. The molecule has 3 aliphatic heterocycles. The van der Waals surface area contributed by atoms with Gasteiger partial charge in [0.05, 0.1) is 19.0 Å². The lowest BCUT2D eigenvalue weighted by atomic mass is 10.0. The Morgan fingerprint density at radius 3 is 2.73 bits per heavy atom. The number of hydrogen-bond acceptors (Lipinski definition) is 5. The Bertz CT molecular complexity index is 1060. The highest BCUT2D eigenvalue weighted by Crippen LogP contribution is 2.40. The van der Waals surface area contributed by atoms with Crippen LogP contribution in [0.15, 0.2) is 59.2 Å². The fraction of sp³-hybridized carbons (Fsp3) is 0.333. The van der Waals surface area contributed by atoms with Crippen LogP contribution in [0.2, 0.25) is 0 Å². The van der Waals surface area contributed by atoms with Crippen molar-refractivity contribution < 1.29 is 14.3 Å². The van der Waals surface area contributed by atoms with Gasteiger partial charge in [0.1, 0.15) is 0 Å². The second-order valence-electron chi connectivity index (χ2n) is 8.36. The zero-order chi connectivity index (χ0) is 20.1. The van der Waals surface area contributed by atoms with E-state index >= 15 is 0 Å². The van der Waals surface area contributed by atoms with E-state index in [1.54, 1.807) is 0 Å². The molecule has 2 aromatic carbocycles. The quantitative estimate of drug-likeness (QED) is 0.782. The molecule has 2 aromatic rings. The Kier molecular flexibility index (Phi) is 4.04. The number of ether oxygens (including phenoxy) is 2. The molecule has 1 saturated carbocycles. The van der Waals surface area contributed by atoms with Crippen molar-refractivity contribution in [3.05, 3.63) is 65.4 Å². The van der Waals surface area contributed by atoms with Crippen LogP contribution in [-0.4, -0.2) is 41.5 Å². The monoisotopic (exact) mass is 401 g/mol. The lowest BCUT2D eigenvalue weighted by Crippen LogP contribution is -2.41. The number of amides is 1. The first-order chi connectivity index (χ1) is 14.7. The van der Waals surface area contributed by atoms with Gasteiger partial charge < -0.3 is 14.4 Å². The predicted octanol–water partition coefficient (Wildman–Crippen LogP) is 3.81. The standard InChI is InChI=1S/C24H23N3O3/c28-23-12-20(18-8-9-21-22(11-18)30-15-29-21)25-24-26(13-17-6-7-17)14-19(27(23)24)10-16-4-2-1-3-5-16/h1-5,8-11,17,20H,6-7,12-15H2/b19-10-. The SMILES string of the molecule is O=C1CC(c2ccc3c(c2)OCO3)N=C2N(CC3CC3)C/C(=C/c3ccccc3)N12. The van der Waals surface area contributed by atoms with Crippen LogP contribution < -0.4 is 9.47 Å². The van der Waals surface area contributed by atoms with E-state index in [-0.39, 0.29) is 18.7 Å². The van der Waals surface area contributed by atoms with E-state index in [0.717, 1.165) is 47.4 Å². The molecule has 6 rings (SSSR count). The number of guanidine groups is 1. The number of nitrogens with zero attached hydrogens (tertiary/aromatic N) is 3. The molecule has 1 amide bonds. The van der Waals surface area contributed by atoms with Crippen molar-refractivity contribution in [2.75, 3.05) is 19.9 Å². The van der Waals surface area contributed by atoms with Gasteiger partial charge in [0.25, 0.3) is 0 Å². The molecule has 0 radical (unpaired) electrons. The molecule has 1 unspecified atom stereocenters. The first kappa shape index (κ1) is 17.6. The molecule has 3 heterocycles. The first-order valence-corrected chi connectivity index (χ1v) is 10.6. The molecule has 2 fully saturated rings. The van der Waals surface area contributed by atoms with Crippen molar-refractivity contribution in [1.29, 1.82) is 0 Å². The number of carbonyl (C=O) groups is 1. The molecule has 0 bridgehead atoms. The molecule has 0 N–H and O–H groups in total. The average molecular weight is 401 g/mol. The van der Waals surface area contributed by atoms with Gasteiger partial charge in [-0.1, -0.05) is 36.4 Å². The smallest absolute Gasteiger partial charge is 0.236 e. The zero-order valence-electron chi connectivity index (χ0n) is 16.7. The van der Waals surface area contributed by atoms with E-state index in [1.165, 1.54) is 12.8 Å². The number of aliphatic imine (C=N–C) groups is 1. The summed E-state index contributed by atoms with van der Waals surface area (Å²) in [4.78, 5) is 22.4. The molecule has 1 atom stereocenters. The summed E-state index contributed by atoms with van der Waals surface area (Å²) in [5.74, 6) is 3.09. The number of fused-ring (bicyclic) bond motifs is 2. The molecule has 152 valence electrons. The maximum atomic E-state index is 13.3. The predicted molar refractivity (Wildman–Crippen MR) is 113 cm³/mol. The van der Waals surface area contributed by atoms with E-state index in [4.69, 9.17) is 14.5 Å². The van der Waals surface area contributed by atoms with Crippen molar-refractivity contribution >= 4 is 17.9 Å². The Labute approximate surface area is 175 Å². The van der Waals surface area contributed by atoms with Crippen LogP contribution in [-0.2, 0) is 4.79 Å². The minimum Gasteiger partial charge on any atom is -0.454 e. The molecule has 4 aliphatic rings. The van der Waals surface area contributed by atoms with Gasteiger partial charge in [-0.3, -0.25) is 9.69 Å². The minimum atomic E-state index is -0.198. The lowest BCUT2D eigenvalue weighted by molar-refractivity contribution is -0.126. The molecule has 0 spiro atoms. The second kappa shape index (κ2) is 6.90. The third kappa shape index (κ3) is 3.12. The van der Waals surface area contributed by atoms with Crippen molar-refractivity contribution in [2.45, 2.75) is 25.3 Å². The summed E-state index contributed by atoms with van der Waals surface area (Å²) in [5, 5.41) is 0. The first-order valence-electron chi connectivity index (χ1n) is 10.6. The van der Waals surface area contributed by atoms with Crippen LogP contribution in [0.25, 0.3) is 6.08 Å². The van der Waals surface area contributed by atoms with Gasteiger partial charge in [-0.15, -0.1) is 0 Å². The molecule has 1 saturated heterocycles. The minimum absolute atomic E-state index is 0.100. The van der Waals surface area contributed by atoms with Crippen molar-refractivity contribution in [3.8, 4) is 11.5 Å². The summed E-state index contributed by atoms with van der Waals surface area (Å²) in [5.41, 5.74) is 3.10. The van der Waals surface area contributed by atoms with Crippen LogP contribution in [0.4, 0.5) is 0 Å². The van der Waals surface area contributed by atoms with Crippen molar-refractivity contribution in [1.82, 2.24) is 9.80 Å². The van der Waals surface area contributed by atoms with Gasteiger partial charge in [0, 0.05) is 12.2 Å². The number of hydrogen-bond donors (Lipinski definition) is 0. The molecule has 6 heteroatoms. The van der Waals surface area contributed by atoms with Crippen molar-refractivity contribution in [2.24, 2.45) is 10.9 Å². The lowest BCUT2D eigenvalue weighted by Gasteiger charge is -2.29. The molecular weight excluding hydrogens is 378 g/mol. The van der Waals surface area contributed by atoms with Gasteiger partial charge in [-0.2, -0.15) is 0 Å². The summed E-state index contributed by atoms with van der Waals surface area (Å²) < 4.78 is 10.9. The summed E-state index contributed by atoms with van der Waals surface area (Å²) >= 11 is 0. The van der Waals surface area contributed by atoms with E-state index in [2.05, 4.69) is 23.1 Å². The Hall–Kier alpha value is -3.28. The van der Waals surface area contributed by atoms with Crippen molar-refractivity contribution in [3.63, 3.8) is 0 Å². The number of carbonyl (C=O) groups excluding carboxylic acids is 1. The molecule has 1 aliphatic carbocycles. The van der Waals surface area contributed by atoms with Crippen LogP contribution in [0.5, 0.6) is 11.5 Å². The normalized spacial score (nSPS) is 23.7. The van der Waals surface area contributed by atoms with E-state index in [1.807, 2.05) is 41.3 Å². The fourth-order valence-electron chi connectivity index (χ4n) is 4.38. The average Bonchev–Trinajstić information content (AvgIpc) is 3.34. The third-order valence-electron chi connectivity index (χ3n) is 6.10. The highest BCUT2D eigenvalue weighted by molar-refractivity contribution is 6.04. The highest BCUT2D eigenvalue weighted by Gasteiger charge is 2.42. The van der Waals surface area contributed by atoms with Gasteiger partial charge in [-0.25, -0.2) is 4.99 Å². The maximum absolute atomic E-state index is 13.3. The van der Waals surface area contributed by atoms with Crippen LogP contribution in [0.1, 0.15) is 36.4 Å². The molecule has 6 nitrogen and oxygen atoms in total. The Balaban J connectivity index is 1.36. The summed E-state index contributed by atoms with van der Waals surface area (Å²) in [6, 6.07) is 15.8. The van der Waals surface area contributed by atoms with E-state index in [0.29, 0.717) is 12.3 Å². The largest absolute Gasteiger partial charge is 0.454 e. The number of benzene rings is 2. The van der Waals surface area contributed by atoms with Gasteiger partial charge in [0.15, 0.2) is 11.5 Å². The van der Waals surface area contributed by atoms with Crippen LogP contribution >= 0.6 is 0 Å². The van der Waals surface area contributed by atoms with Crippen LogP contribution in [0.3, 0.4) is 0 Å². The third-order valence-corrected chi connectivity index (χ3v) is 6.10. The van der Waals surface area contributed by atoms with Gasteiger partial charge in [-0.05, 0) is 48.1 Å². The number of rotatable bonds is 4. The molecule has 0 aromatic heterocycles. The summed E-state index contributed by atoms with van der Waals surface area (Å²) in [7, 11) is 0. The topological polar surface area (TPSA) is 54.4 Å². The van der Waals surface area contributed by atoms with E-state index < -0.39 is 0 Å². The fourth-order valence-corrected chi connectivity index (χ4v) is 4.38. The van der Waals surface area contributed by atoms with Gasteiger partial charge >= 0.3 is 0 Å². The molecule has 30 heavy (non-hydrogen) atoms. The van der Waals surface area contributed by atoms with E-state index in [9.17, 15) is 4.79 Å². The summed E-state index contributed by atoms with van der Waals surface area (Å²) in [6.45, 7) is 1.93. The Morgan fingerprint density at radius 1 is 1.07 bits per heavy atom. The molecular formula is C24H23N3O3. The summed E-state index contributed by atoms with van der Waals surface area (Å²) in [6.07, 6.45) is 5.00. The Morgan fingerprint density at radius 2 is 1.90 bits per heavy atom. The van der Waals surface area contributed by atoms with Crippen LogP contribution in [0, 0.1) is 5.92 Å².